The topological polar surface area (TPSA) is 177 Å². The number of carboxylic acids is 1. The Kier molecular flexibility index (Phi) is 6.77. The number of sulfonamides is 1. The van der Waals surface area contributed by atoms with Gasteiger partial charge in [-0.15, -0.1) is 16.4 Å². The minimum absolute atomic E-state index is 0.0353. The molecular weight excluding hydrogens is 498 g/mol. The Morgan fingerprint density at radius 1 is 1.20 bits per heavy atom. The van der Waals surface area contributed by atoms with Crippen molar-refractivity contribution in [3.8, 4) is 5.75 Å². The summed E-state index contributed by atoms with van der Waals surface area (Å²) in [5.41, 5.74) is 1.78. The number of nitrogens with zero attached hydrogens (tertiary/aromatic N) is 4. The van der Waals surface area contributed by atoms with Crippen molar-refractivity contribution in [1.29, 1.82) is 0 Å². The van der Waals surface area contributed by atoms with E-state index in [-0.39, 0.29) is 22.9 Å². The van der Waals surface area contributed by atoms with E-state index >= 15 is 0 Å². The number of carboxylic acid groups (broad SMARTS) is 1. The first-order chi connectivity index (χ1) is 16.6. The summed E-state index contributed by atoms with van der Waals surface area (Å²) in [6, 6.07) is 10.2. The summed E-state index contributed by atoms with van der Waals surface area (Å²) in [7, 11) is -2.63. The molecule has 0 amide bonds. The molecule has 4 rings (SSSR count). The Morgan fingerprint density at radius 3 is 2.60 bits per heavy atom. The normalized spacial score (nSPS) is 12.4. The molecule has 0 spiro atoms. The third kappa shape index (κ3) is 5.62. The van der Waals surface area contributed by atoms with Crippen LogP contribution in [-0.4, -0.2) is 52.6 Å². The number of hydrogen-bond donors (Lipinski definition) is 2. The second kappa shape index (κ2) is 9.77. The van der Waals surface area contributed by atoms with Crippen molar-refractivity contribution in [3.05, 3.63) is 65.5 Å². The first-order valence-electron chi connectivity index (χ1n) is 10.0. The van der Waals surface area contributed by atoms with Gasteiger partial charge in [0, 0.05) is 6.42 Å². The largest absolute Gasteiger partial charge is 0.487 e. The van der Waals surface area contributed by atoms with E-state index in [4.69, 9.17) is 19.7 Å². The Hall–Kier alpha value is -3.88. The molecule has 35 heavy (non-hydrogen) atoms. The molecule has 2 heterocycles. The van der Waals surface area contributed by atoms with Crippen LogP contribution in [0.4, 0.5) is 0 Å². The van der Waals surface area contributed by atoms with Gasteiger partial charge in [0.15, 0.2) is 6.04 Å². The smallest absolute Gasteiger partial charge is 0.335 e. The number of carbonyl (C=O) groups excluding carboxylic acids is 1. The molecule has 0 saturated heterocycles. The Balaban J connectivity index is 1.47. The number of aromatic nitrogens is 4. The molecule has 1 atom stereocenters. The number of thiazole rings is 1. The highest BCUT2D eigenvalue weighted by Crippen LogP contribution is 2.28. The third-order valence-electron chi connectivity index (χ3n) is 4.95. The van der Waals surface area contributed by atoms with Crippen molar-refractivity contribution in [2.75, 3.05) is 7.11 Å². The number of esters is 1. The van der Waals surface area contributed by atoms with Crippen molar-refractivity contribution in [3.63, 3.8) is 0 Å². The van der Waals surface area contributed by atoms with Gasteiger partial charge in [-0.2, -0.15) is 0 Å². The minimum Gasteiger partial charge on any atom is -0.487 e. The number of benzene rings is 2. The van der Waals surface area contributed by atoms with E-state index < -0.39 is 28.0 Å². The predicted molar refractivity (Wildman–Crippen MR) is 124 cm³/mol. The summed E-state index contributed by atoms with van der Waals surface area (Å²) < 4.78 is 35.4. The molecule has 3 N–H and O–H groups in total. The van der Waals surface area contributed by atoms with Gasteiger partial charge in [-0.1, -0.05) is 17.3 Å². The lowest BCUT2D eigenvalue weighted by atomic mass is 10.0. The Labute approximate surface area is 203 Å². The molecule has 182 valence electrons. The highest BCUT2D eigenvalue weighted by molar-refractivity contribution is 7.91. The lowest BCUT2D eigenvalue weighted by molar-refractivity contribution is -0.144. The average Bonchev–Trinajstić information content (AvgIpc) is 3.47. The summed E-state index contributed by atoms with van der Waals surface area (Å²) in [4.78, 5) is 27.4. The van der Waals surface area contributed by atoms with Crippen molar-refractivity contribution < 1.29 is 32.6 Å². The number of fused-ring (bicyclic) bond motifs is 1. The molecule has 0 aliphatic heterocycles. The highest BCUT2D eigenvalue weighted by atomic mass is 32.2. The fourth-order valence-electron chi connectivity index (χ4n) is 3.21. The summed E-state index contributed by atoms with van der Waals surface area (Å²) >= 11 is 0.937. The number of primary sulfonamides is 1. The number of aromatic carboxylic acids is 1. The number of methoxy groups -OCH3 is 1. The predicted octanol–water partition coefficient (Wildman–Crippen LogP) is 1.77. The Bertz CT molecular complexity index is 1500. The van der Waals surface area contributed by atoms with Gasteiger partial charge in [0.05, 0.1) is 29.1 Å². The minimum atomic E-state index is -3.89. The first kappa shape index (κ1) is 24.3. The summed E-state index contributed by atoms with van der Waals surface area (Å²) in [5.74, 6) is -1.12. The van der Waals surface area contributed by atoms with Gasteiger partial charge in [-0.05, 0) is 35.9 Å². The maximum atomic E-state index is 12.4. The number of ether oxygens (including phenoxy) is 2. The zero-order chi connectivity index (χ0) is 25.2. The zero-order valence-corrected chi connectivity index (χ0v) is 19.8. The third-order valence-corrected chi connectivity index (χ3v) is 7.29. The second-order valence-corrected chi connectivity index (χ2v) is 10.1. The van der Waals surface area contributed by atoms with Gasteiger partial charge in [0.1, 0.15) is 18.1 Å². The van der Waals surface area contributed by atoms with Crippen LogP contribution in [0.15, 0.2) is 53.0 Å². The van der Waals surface area contributed by atoms with E-state index in [0.717, 1.165) is 16.9 Å². The average molecular weight is 518 g/mol. The summed E-state index contributed by atoms with van der Waals surface area (Å²) in [6.07, 6.45) is 1.77. The van der Waals surface area contributed by atoms with E-state index in [9.17, 15) is 18.0 Å². The standard InChI is InChI=1S/C21H19N5O7S2/c1-32-20(29)17(8-12-2-4-13(5-3-12)19(27)28)26-10-14(24-25-26)11-33-15-6-7-16-18(9-15)34-21(23-16)35(22,30)31/h2-7,9-10,17H,8,11H2,1H3,(H,27,28)(H2,22,30,31). The highest BCUT2D eigenvalue weighted by Gasteiger charge is 2.24. The fraction of sp³-hybridized carbons (Fsp3) is 0.190. The maximum absolute atomic E-state index is 12.4. The van der Waals surface area contributed by atoms with E-state index in [1.54, 1.807) is 36.5 Å². The Morgan fingerprint density at radius 2 is 1.94 bits per heavy atom. The van der Waals surface area contributed by atoms with Crippen LogP contribution in [0.25, 0.3) is 10.2 Å². The van der Waals surface area contributed by atoms with Crippen LogP contribution in [0.2, 0.25) is 0 Å². The number of hydrogen-bond acceptors (Lipinski definition) is 10. The molecule has 0 fully saturated rings. The van der Waals surface area contributed by atoms with Crippen molar-refractivity contribution in [2.45, 2.75) is 23.4 Å². The molecule has 0 radical (unpaired) electrons. The molecule has 12 nitrogen and oxygen atoms in total. The molecular formula is C21H19N5O7S2. The molecule has 2 aromatic carbocycles. The molecule has 14 heteroatoms. The van der Waals surface area contributed by atoms with Crippen molar-refractivity contribution in [2.24, 2.45) is 5.14 Å². The fourth-order valence-corrected chi connectivity index (χ4v) is 4.90. The van der Waals surface area contributed by atoms with Crippen LogP contribution >= 0.6 is 11.3 Å². The van der Waals surface area contributed by atoms with E-state index in [2.05, 4.69) is 15.3 Å². The quantitative estimate of drug-likeness (QED) is 0.311. The number of nitrogens with two attached hydrogens (primary N) is 1. The van der Waals surface area contributed by atoms with Gasteiger partial charge in [-0.25, -0.2) is 32.8 Å². The van der Waals surface area contributed by atoms with E-state index in [1.807, 2.05) is 0 Å². The summed E-state index contributed by atoms with van der Waals surface area (Å²) in [6.45, 7) is 0.0353. The lowest BCUT2D eigenvalue weighted by Crippen LogP contribution is -2.23. The van der Waals surface area contributed by atoms with Crippen molar-refractivity contribution >= 4 is 43.5 Å². The van der Waals surface area contributed by atoms with Gasteiger partial charge in [-0.3, -0.25) is 0 Å². The van der Waals surface area contributed by atoms with Crippen molar-refractivity contribution in [1.82, 2.24) is 20.0 Å². The number of carbonyl (C=O) groups is 2. The SMILES string of the molecule is COC(=O)C(Cc1ccc(C(=O)O)cc1)n1cc(COc2ccc3nc(S(N)(=O)=O)sc3c2)nn1. The van der Waals surface area contributed by atoms with Crippen LogP contribution < -0.4 is 9.88 Å². The lowest BCUT2D eigenvalue weighted by Gasteiger charge is -2.14. The van der Waals surface area contributed by atoms with Crippen LogP contribution in [0.1, 0.15) is 27.7 Å². The van der Waals surface area contributed by atoms with Gasteiger partial charge in [0.25, 0.3) is 10.0 Å². The van der Waals surface area contributed by atoms with Crippen LogP contribution in [0.3, 0.4) is 0 Å². The molecule has 1 unspecified atom stereocenters. The molecule has 0 aliphatic rings. The number of rotatable bonds is 9. The second-order valence-electron chi connectivity index (χ2n) is 7.38. The van der Waals surface area contributed by atoms with Crippen LogP contribution in [0.5, 0.6) is 5.75 Å². The monoisotopic (exact) mass is 517 g/mol. The van der Waals surface area contributed by atoms with Crippen LogP contribution in [-0.2, 0) is 32.6 Å². The zero-order valence-electron chi connectivity index (χ0n) is 18.2. The van der Waals surface area contributed by atoms with E-state index in [1.165, 1.54) is 23.9 Å². The van der Waals surface area contributed by atoms with Gasteiger partial charge < -0.3 is 14.6 Å². The molecule has 0 aliphatic carbocycles. The maximum Gasteiger partial charge on any atom is 0.335 e. The van der Waals surface area contributed by atoms with Gasteiger partial charge >= 0.3 is 11.9 Å². The molecule has 0 saturated carbocycles. The van der Waals surface area contributed by atoms with Crippen LogP contribution in [0, 0.1) is 0 Å². The first-order valence-corrected chi connectivity index (χ1v) is 12.4. The molecule has 4 aromatic rings. The summed E-state index contributed by atoms with van der Waals surface area (Å²) in [5, 5.41) is 22.2. The molecule has 0 bridgehead atoms. The van der Waals surface area contributed by atoms with E-state index in [0.29, 0.717) is 21.7 Å². The molecule has 2 aromatic heterocycles. The van der Waals surface area contributed by atoms with Gasteiger partial charge in [0.2, 0.25) is 4.34 Å².